The minimum absolute atomic E-state index is 0.208. The van der Waals surface area contributed by atoms with Gasteiger partial charge in [-0.15, -0.1) is 0 Å². The summed E-state index contributed by atoms with van der Waals surface area (Å²) in [4.78, 5) is 2.15. The molecule has 0 aromatic rings. The number of oxime groups is 1. The van der Waals surface area contributed by atoms with Crippen LogP contribution in [0.2, 0.25) is 0 Å². The molecule has 5 heteroatoms. The molecule has 0 heterocycles. The molecular weight excluding hydrogens is 170 g/mol. The predicted molar refractivity (Wildman–Crippen MR) is 51.8 cm³/mol. The van der Waals surface area contributed by atoms with Gasteiger partial charge in [0, 0.05) is 26.1 Å². The van der Waals surface area contributed by atoms with Gasteiger partial charge in [0.2, 0.25) is 0 Å². The fourth-order valence-corrected chi connectivity index (χ4v) is 1.05. The standard InChI is InChI=1S/C8H19N3O2/c1-2-11(5-3-7-12)6-4-8(9)10-13/h12-13H,2-7H2,1H3,(H2,9,10). The average molecular weight is 189 g/mol. The second kappa shape index (κ2) is 7.82. The molecule has 0 unspecified atom stereocenters. The minimum atomic E-state index is 0.208. The van der Waals surface area contributed by atoms with Gasteiger partial charge in [0.1, 0.15) is 5.84 Å². The SMILES string of the molecule is CCN(CCCO)CCC(N)=NO. The van der Waals surface area contributed by atoms with Crippen molar-refractivity contribution < 1.29 is 10.3 Å². The Kier molecular flexibility index (Phi) is 7.33. The summed E-state index contributed by atoms with van der Waals surface area (Å²) in [6.07, 6.45) is 1.33. The highest BCUT2D eigenvalue weighted by molar-refractivity contribution is 5.79. The van der Waals surface area contributed by atoms with Crippen molar-refractivity contribution >= 4 is 5.84 Å². The van der Waals surface area contributed by atoms with E-state index in [-0.39, 0.29) is 12.4 Å². The minimum Gasteiger partial charge on any atom is -0.409 e. The Morgan fingerprint density at radius 1 is 1.46 bits per heavy atom. The number of aliphatic hydroxyl groups is 1. The molecule has 0 atom stereocenters. The number of hydrogen-bond acceptors (Lipinski definition) is 4. The Balaban J connectivity index is 3.59. The molecule has 0 bridgehead atoms. The number of aliphatic hydroxyl groups excluding tert-OH is 1. The van der Waals surface area contributed by atoms with E-state index < -0.39 is 0 Å². The summed E-state index contributed by atoms with van der Waals surface area (Å²) < 4.78 is 0. The maximum Gasteiger partial charge on any atom is 0.140 e. The summed E-state index contributed by atoms with van der Waals surface area (Å²) in [5.74, 6) is 0.252. The van der Waals surface area contributed by atoms with Crippen molar-refractivity contribution in [2.75, 3.05) is 26.2 Å². The van der Waals surface area contributed by atoms with Crippen LogP contribution in [0.1, 0.15) is 19.8 Å². The number of amidine groups is 1. The van der Waals surface area contributed by atoms with Gasteiger partial charge in [-0.3, -0.25) is 0 Å². The van der Waals surface area contributed by atoms with Crippen LogP contribution < -0.4 is 5.73 Å². The summed E-state index contributed by atoms with van der Waals surface area (Å²) in [6.45, 7) is 4.79. The molecule has 0 saturated carbocycles. The van der Waals surface area contributed by atoms with E-state index in [2.05, 4.69) is 10.1 Å². The molecule has 0 rings (SSSR count). The second-order valence-corrected chi connectivity index (χ2v) is 2.85. The monoisotopic (exact) mass is 189 g/mol. The molecule has 0 aliphatic rings. The molecule has 0 aliphatic heterocycles. The first-order valence-corrected chi connectivity index (χ1v) is 4.54. The Bertz CT molecular complexity index is 150. The zero-order valence-corrected chi connectivity index (χ0v) is 8.11. The predicted octanol–water partition coefficient (Wildman–Crippen LogP) is -0.173. The van der Waals surface area contributed by atoms with E-state index >= 15 is 0 Å². The molecule has 0 saturated heterocycles. The Morgan fingerprint density at radius 3 is 2.62 bits per heavy atom. The van der Waals surface area contributed by atoms with Crippen LogP contribution in [0.3, 0.4) is 0 Å². The van der Waals surface area contributed by atoms with E-state index in [1.54, 1.807) is 0 Å². The molecule has 0 aromatic heterocycles. The van der Waals surface area contributed by atoms with Gasteiger partial charge in [-0.1, -0.05) is 12.1 Å². The Morgan fingerprint density at radius 2 is 2.15 bits per heavy atom. The zero-order chi connectivity index (χ0) is 10.1. The van der Waals surface area contributed by atoms with Crippen LogP contribution in [0.4, 0.5) is 0 Å². The highest BCUT2D eigenvalue weighted by Gasteiger charge is 2.02. The van der Waals surface area contributed by atoms with Crippen molar-refractivity contribution in [1.29, 1.82) is 0 Å². The van der Waals surface area contributed by atoms with Gasteiger partial charge in [0.15, 0.2) is 0 Å². The lowest BCUT2D eigenvalue weighted by Crippen LogP contribution is -2.29. The molecule has 78 valence electrons. The largest absolute Gasteiger partial charge is 0.409 e. The molecular formula is C8H19N3O2. The molecule has 4 N–H and O–H groups in total. The van der Waals surface area contributed by atoms with Crippen LogP contribution in [0.15, 0.2) is 5.16 Å². The lowest BCUT2D eigenvalue weighted by molar-refractivity contribution is 0.232. The van der Waals surface area contributed by atoms with Crippen molar-refractivity contribution in [2.45, 2.75) is 19.8 Å². The van der Waals surface area contributed by atoms with Crippen molar-refractivity contribution in [3.63, 3.8) is 0 Å². The van der Waals surface area contributed by atoms with Gasteiger partial charge < -0.3 is 20.9 Å². The van der Waals surface area contributed by atoms with Crippen molar-refractivity contribution in [2.24, 2.45) is 10.9 Å². The summed E-state index contributed by atoms with van der Waals surface area (Å²) in [5.41, 5.74) is 5.33. The number of nitrogens with zero attached hydrogens (tertiary/aromatic N) is 2. The van der Waals surface area contributed by atoms with E-state index in [9.17, 15) is 0 Å². The third kappa shape index (κ3) is 6.36. The van der Waals surface area contributed by atoms with Crippen molar-refractivity contribution in [3.8, 4) is 0 Å². The third-order valence-corrected chi connectivity index (χ3v) is 1.89. The summed E-state index contributed by atoms with van der Waals surface area (Å²) >= 11 is 0. The fourth-order valence-electron chi connectivity index (χ4n) is 1.05. The van der Waals surface area contributed by atoms with Crippen LogP contribution in [0, 0.1) is 0 Å². The second-order valence-electron chi connectivity index (χ2n) is 2.85. The number of hydrogen-bond donors (Lipinski definition) is 3. The van der Waals surface area contributed by atoms with E-state index in [1.807, 2.05) is 6.92 Å². The summed E-state index contributed by atoms with van der Waals surface area (Å²) in [7, 11) is 0. The highest BCUT2D eigenvalue weighted by Crippen LogP contribution is 1.93. The normalized spacial score (nSPS) is 12.4. The van der Waals surface area contributed by atoms with Gasteiger partial charge in [-0.25, -0.2) is 0 Å². The van der Waals surface area contributed by atoms with Gasteiger partial charge in [0.05, 0.1) is 0 Å². The molecule has 0 aromatic carbocycles. The first kappa shape index (κ1) is 12.2. The number of rotatable bonds is 7. The van der Waals surface area contributed by atoms with E-state index in [0.717, 1.165) is 26.1 Å². The van der Waals surface area contributed by atoms with Gasteiger partial charge >= 0.3 is 0 Å². The average Bonchev–Trinajstić information content (AvgIpc) is 2.17. The topological polar surface area (TPSA) is 82.1 Å². The highest BCUT2D eigenvalue weighted by atomic mass is 16.4. The smallest absolute Gasteiger partial charge is 0.140 e. The van der Waals surface area contributed by atoms with E-state index in [0.29, 0.717) is 6.42 Å². The lowest BCUT2D eigenvalue weighted by atomic mass is 10.3. The van der Waals surface area contributed by atoms with Crippen LogP contribution in [0.5, 0.6) is 0 Å². The van der Waals surface area contributed by atoms with Crippen molar-refractivity contribution in [3.05, 3.63) is 0 Å². The quantitative estimate of drug-likeness (QED) is 0.225. The first-order valence-electron chi connectivity index (χ1n) is 4.54. The summed E-state index contributed by atoms with van der Waals surface area (Å²) in [5, 5.41) is 19.8. The molecule has 0 amide bonds. The van der Waals surface area contributed by atoms with Gasteiger partial charge in [-0.2, -0.15) is 0 Å². The molecule has 13 heavy (non-hydrogen) atoms. The van der Waals surface area contributed by atoms with Crippen LogP contribution in [-0.4, -0.2) is 47.3 Å². The lowest BCUT2D eigenvalue weighted by Gasteiger charge is -2.18. The van der Waals surface area contributed by atoms with Crippen LogP contribution in [0.25, 0.3) is 0 Å². The maximum atomic E-state index is 8.62. The molecule has 5 nitrogen and oxygen atoms in total. The van der Waals surface area contributed by atoms with Crippen LogP contribution >= 0.6 is 0 Å². The molecule has 0 radical (unpaired) electrons. The zero-order valence-electron chi connectivity index (χ0n) is 8.11. The third-order valence-electron chi connectivity index (χ3n) is 1.89. The fraction of sp³-hybridized carbons (Fsp3) is 0.875. The van der Waals surface area contributed by atoms with E-state index in [4.69, 9.17) is 16.0 Å². The van der Waals surface area contributed by atoms with E-state index in [1.165, 1.54) is 0 Å². The Labute approximate surface area is 78.8 Å². The summed E-state index contributed by atoms with van der Waals surface area (Å²) in [6, 6.07) is 0. The Hall–Kier alpha value is -0.810. The van der Waals surface area contributed by atoms with Gasteiger partial charge in [0.25, 0.3) is 0 Å². The van der Waals surface area contributed by atoms with Crippen LogP contribution in [-0.2, 0) is 0 Å². The molecule has 0 aliphatic carbocycles. The number of nitrogens with two attached hydrogens (primary N) is 1. The molecule has 0 spiro atoms. The maximum absolute atomic E-state index is 8.62. The van der Waals surface area contributed by atoms with Crippen molar-refractivity contribution in [1.82, 2.24) is 4.90 Å². The molecule has 0 fully saturated rings. The first-order chi connectivity index (χ1) is 6.24. The van der Waals surface area contributed by atoms with Gasteiger partial charge in [-0.05, 0) is 13.0 Å².